The van der Waals surface area contributed by atoms with Crippen LogP contribution in [0.25, 0.3) is 0 Å². The zero-order chi connectivity index (χ0) is 13.7. The molecule has 4 nitrogen and oxygen atoms in total. The molecule has 21 heavy (non-hydrogen) atoms. The van der Waals surface area contributed by atoms with E-state index >= 15 is 0 Å². The van der Waals surface area contributed by atoms with Crippen molar-refractivity contribution < 1.29 is 4.74 Å². The van der Waals surface area contributed by atoms with Crippen LogP contribution in [0.15, 0.2) is 4.99 Å². The van der Waals surface area contributed by atoms with Crippen LogP contribution in [0.1, 0.15) is 45.4 Å². The Morgan fingerprint density at radius 3 is 2.76 bits per heavy atom. The number of likely N-dealkylation sites (tertiary alicyclic amines) is 1. The lowest BCUT2D eigenvalue weighted by atomic mass is 9.46. The van der Waals surface area contributed by atoms with Gasteiger partial charge in [-0.2, -0.15) is 0 Å². The maximum absolute atomic E-state index is 6.34. The molecule has 4 unspecified atom stereocenters. The summed E-state index contributed by atoms with van der Waals surface area (Å²) >= 11 is 0. The fourth-order valence-electron chi connectivity index (χ4n) is 5.01. The van der Waals surface area contributed by atoms with Gasteiger partial charge in [0.05, 0.1) is 12.1 Å². The van der Waals surface area contributed by atoms with Gasteiger partial charge in [0.15, 0.2) is 5.96 Å². The van der Waals surface area contributed by atoms with E-state index in [0.717, 1.165) is 31.6 Å². The van der Waals surface area contributed by atoms with E-state index in [9.17, 15) is 0 Å². The van der Waals surface area contributed by atoms with Crippen molar-refractivity contribution >= 4 is 29.9 Å². The Labute approximate surface area is 144 Å². The number of halogens is 1. The molecular weight excluding hydrogens is 377 g/mol. The SMILES string of the molecule is CC1CCCN(C(N)=NC2C3CCOC3C23CCC3)C1.I. The van der Waals surface area contributed by atoms with Gasteiger partial charge in [0.1, 0.15) is 0 Å². The van der Waals surface area contributed by atoms with Crippen molar-refractivity contribution in [3.05, 3.63) is 0 Å². The summed E-state index contributed by atoms with van der Waals surface area (Å²) in [6.07, 6.45) is 8.21. The van der Waals surface area contributed by atoms with Crippen LogP contribution >= 0.6 is 24.0 Å². The number of fused-ring (bicyclic) bond motifs is 2. The van der Waals surface area contributed by atoms with Gasteiger partial charge >= 0.3 is 0 Å². The number of hydrogen-bond acceptors (Lipinski definition) is 2. The molecule has 4 atom stereocenters. The largest absolute Gasteiger partial charge is 0.377 e. The maximum atomic E-state index is 6.34. The summed E-state index contributed by atoms with van der Waals surface area (Å²) < 4.78 is 5.96. The summed E-state index contributed by atoms with van der Waals surface area (Å²) in [5.74, 6) is 2.20. The second kappa shape index (κ2) is 5.87. The molecule has 2 heterocycles. The molecule has 2 aliphatic carbocycles. The van der Waals surface area contributed by atoms with Gasteiger partial charge in [0, 0.05) is 31.0 Å². The fourth-order valence-corrected chi connectivity index (χ4v) is 5.01. The van der Waals surface area contributed by atoms with Crippen LogP contribution < -0.4 is 5.73 Å². The molecule has 0 radical (unpaired) electrons. The van der Waals surface area contributed by atoms with Gasteiger partial charge in [-0.15, -0.1) is 24.0 Å². The second-order valence-electron chi connectivity index (χ2n) is 7.46. The van der Waals surface area contributed by atoms with Crippen LogP contribution in [-0.4, -0.2) is 42.7 Å². The number of rotatable bonds is 1. The highest BCUT2D eigenvalue weighted by Crippen LogP contribution is 2.64. The van der Waals surface area contributed by atoms with E-state index in [4.69, 9.17) is 15.5 Å². The first kappa shape index (κ1) is 15.8. The quantitative estimate of drug-likeness (QED) is 0.415. The van der Waals surface area contributed by atoms with Crippen LogP contribution in [-0.2, 0) is 4.74 Å². The van der Waals surface area contributed by atoms with E-state index in [1.54, 1.807) is 0 Å². The Balaban J connectivity index is 0.00000132. The van der Waals surface area contributed by atoms with Crippen LogP contribution in [0, 0.1) is 17.3 Å². The average molecular weight is 405 g/mol. The minimum absolute atomic E-state index is 0. The number of ether oxygens (including phenoxy) is 1. The molecule has 0 amide bonds. The van der Waals surface area contributed by atoms with E-state index in [-0.39, 0.29) is 24.0 Å². The van der Waals surface area contributed by atoms with Gasteiger partial charge in [0.2, 0.25) is 0 Å². The van der Waals surface area contributed by atoms with Crippen LogP contribution in [0.5, 0.6) is 0 Å². The third-order valence-corrected chi connectivity index (χ3v) is 6.24. The number of nitrogens with zero attached hydrogens (tertiary/aromatic N) is 2. The lowest BCUT2D eigenvalue weighted by molar-refractivity contribution is -0.164. The lowest BCUT2D eigenvalue weighted by Crippen LogP contribution is -2.66. The third-order valence-electron chi connectivity index (χ3n) is 6.24. The Kier molecular flexibility index (Phi) is 4.43. The van der Waals surface area contributed by atoms with Gasteiger partial charge < -0.3 is 15.4 Å². The Morgan fingerprint density at radius 1 is 1.29 bits per heavy atom. The molecule has 0 aromatic heterocycles. The predicted molar refractivity (Wildman–Crippen MR) is 94.9 cm³/mol. The molecule has 2 saturated heterocycles. The summed E-state index contributed by atoms with van der Waals surface area (Å²) in [6, 6.07) is 0.445. The number of aliphatic imine (C=N–C) groups is 1. The number of piperidine rings is 1. The molecule has 2 N–H and O–H groups in total. The van der Waals surface area contributed by atoms with Gasteiger partial charge in [-0.25, -0.2) is 4.99 Å². The highest BCUT2D eigenvalue weighted by molar-refractivity contribution is 14.0. The predicted octanol–water partition coefficient (Wildman–Crippen LogP) is 2.61. The van der Waals surface area contributed by atoms with Crippen molar-refractivity contribution in [3.8, 4) is 0 Å². The molecular formula is C16H28IN3O. The van der Waals surface area contributed by atoms with Gasteiger partial charge in [-0.1, -0.05) is 13.3 Å². The van der Waals surface area contributed by atoms with Gasteiger partial charge in [-0.05, 0) is 38.0 Å². The Morgan fingerprint density at radius 2 is 2.10 bits per heavy atom. The summed E-state index contributed by atoms with van der Waals surface area (Å²) in [4.78, 5) is 7.31. The summed E-state index contributed by atoms with van der Waals surface area (Å²) in [7, 11) is 0. The molecule has 2 saturated carbocycles. The molecule has 5 heteroatoms. The second-order valence-corrected chi connectivity index (χ2v) is 7.46. The van der Waals surface area contributed by atoms with Crippen molar-refractivity contribution in [1.82, 2.24) is 4.90 Å². The van der Waals surface area contributed by atoms with Gasteiger partial charge in [-0.3, -0.25) is 0 Å². The monoisotopic (exact) mass is 405 g/mol. The summed E-state index contributed by atoms with van der Waals surface area (Å²) in [5, 5.41) is 0. The van der Waals surface area contributed by atoms with Crippen molar-refractivity contribution in [2.24, 2.45) is 28.0 Å². The average Bonchev–Trinajstić information content (AvgIpc) is 2.79. The molecule has 2 aliphatic heterocycles. The first-order valence-corrected chi connectivity index (χ1v) is 8.40. The number of guanidine groups is 1. The molecule has 0 aromatic carbocycles. The molecule has 4 rings (SSSR count). The number of nitrogens with two attached hydrogens (primary N) is 1. The molecule has 120 valence electrons. The smallest absolute Gasteiger partial charge is 0.191 e. The van der Waals surface area contributed by atoms with E-state index in [1.165, 1.54) is 38.5 Å². The highest BCUT2D eigenvalue weighted by atomic mass is 127. The lowest BCUT2D eigenvalue weighted by Gasteiger charge is -2.61. The van der Waals surface area contributed by atoms with Crippen LogP contribution in [0.4, 0.5) is 0 Å². The van der Waals surface area contributed by atoms with Crippen LogP contribution in [0.2, 0.25) is 0 Å². The standard InChI is InChI=1S/C16H27N3O.HI/c1-11-4-2-8-19(10-11)15(17)18-13-12-5-9-20-14(12)16(13)6-3-7-16;/h11-14H,2-10H2,1H3,(H2,17,18);1H. The van der Waals surface area contributed by atoms with Crippen LogP contribution in [0.3, 0.4) is 0 Å². The highest BCUT2D eigenvalue weighted by Gasteiger charge is 2.66. The number of hydrogen-bond donors (Lipinski definition) is 1. The van der Waals surface area contributed by atoms with E-state index < -0.39 is 0 Å². The van der Waals surface area contributed by atoms with E-state index in [2.05, 4.69) is 11.8 Å². The van der Waals surface area contributed by atoms with Crippen molar-refractivity contribution in [2.75, 3.05) is 19.7 Å². The first-order chi connectivity index (χ1) is 9.71. The molecule has 4 aliphatic rings. The minimum atomic E-state index is 0. The Bertz CT molecular complexity index is 424. The summed E-state index contributed by atoms with van der Waals surface area (Å²) in [6.45, 7) is 5.42. The first-order valence-electron chi connectivity index (χ1n) is 8.40. The topological polar surface area (TPSA) is 50.8 Å². The molecule has 0 bridgehead atoms. The third kappa shape index (κ3) is 2.38. The zero-order valence-electron chi connectivity index (χ0n) is 13.0. The van der Waals surface area contributed by atoms with Crippen molar-refractivity contribution in [1.29, 1.82) is 0 Å². The van der Waals surface area contributed by atoms with Gasteiger partial charge in [0.25, 0.3) is 0 Å². The maximum Gasteiger partial charge on any atom is 0.191 e. The molecule has 0 aromatic rings. The van der Waals surface area contributed by atoms with Crippen molar-refractivity contribution in [3.63, 3.8) is 0 Å². The Hall–Kier alpha value is -0.0400. The minimum Gasteiger partial charge on any atom is -0.377 e. The normalized spacial score (nSPS) is 41.0. The van der Waals surface area contributed by atoms with Crippen molar-refractivity contribution in [2.45, 2.75) is 57.6 Å². The van der Waals surface area contributed by atoms with E-state index in [1.807, 2.05) is 0 Å². The fraction of sp³-hybridized carbons (Fsp3) is 0.938. The molecule has 1 spiro atoms. The summed E-state index contributed by atoms with van der Waals surface area (Å²) in [5.41, 5.74) is 6.71. The zero-order valence-corrected chi connectivity index (χ0v) is 15.3. The van der Waals surface area contributed by atoms with E-state index in [0.29, 0.717) is 23.5 Å². The molecule has 4 fully saturated rings.